The number of hydrogen-bond donors (Lipinski definition) is 0. The van der Waals surface area contributed by atoms with E-state index in [9.17, 15) is 4.79 Å². The Balaban J connectivity index is 2.67. The highest BCUT2D eigenvalue weighted by molar-refractivity contribution is 6.05. The molecule has 1 rings (SSSR count). The first-order valence-electron chi connectivity index (χ1n) is 3.45. The van der Waals surface area contributed by atoms with E-state index in [-0.39, 0.29) is 5.91 Å². The second kappa shape index (κ2) is 2.40. The normalized spacial score (nSPS) is 18.6. The van der Waals surface area contributed by atoms with Crippen LogP contribution in [0.3, 0.4) is 0 Å². The molecule has 0 bridgehead atoms. The zero-order valence-electron chi connectivity index (χ0n) is 6.59. The Morgan fingerprint density at radius 1 is 1.60 bits per heavy atom. The Labute approximate surface area is 60.7 Å². The van der Waals surface area contributed by atoms with Gasteiger partial charge < -0.3 is 0 Å². The van der Waals surface area contributed by atoms with Crippen molar-refractivity contribution in [2.24, 2.45) is 11.0 Å². The number of carbonyl (C=O) groups excluding carboxylic acids is 1. The molecule has 3 heteroatoms. The zero-order chi connectivity index (χ0) is 7.72. The SMILES string of the molecule is CC(C)C1=NN(C)C(=O)C1. The molecule has 0 saturated carbocycles. The van der Waals surface area contributed by atoms with Crippen molar-refractivity contribution < 1.29 is 4.79 Å². The lowest BCUT2D eigenvalue weighted by Crippen LogP contribution is -2.14. The molecular formula is C7H12N2O. The van der Waals surface area contributed by atoms with E-state index < -0.39 is 0 Å². The molecule has 10 heavy (non-hydrogen) atoms. The Morgan fingerprint density at radius 3 is 2.40 bits per heavy atom. The topological polar surface area (TPSA) is 32.7 Å². The standard InChI is InChI=1S/C7H12N2O/c1-5(2)6-4-7(10)9(3)8-6/h5H,4H2,1-3H3. The molecule has 1 aliphatic rings. The van der Waals surface area contributed by atoms with Crippen LogP contribution in [0.5, 0.6) is 0 Å². The van der Waals surface area contributed by atoms with Gasteiger partial charge in [0.1, 0.15) is 0 Å². The van der Waals surface area contributed by atoms with Crippen molar-refractivity contribution in [2.45, 2.75) is 20.3 Å². The largest absolute Gasteiger partial charge is 0.273 e. The van der Waals surface area contributed by atoms with Gasteiger partial charge in [0.05, 0.1) is 12.1 Å². The van der Waals surface area contributed by atoms with E-state index in [2.05, 4.69) is 5.10 Å². The lowest BCUT2D eigenvalue weighted by atomic mass is 10.1. The summed E-state index contributed by atoms with van der Waals surface area (Å²) in [7, 11) is 1.69. The van der Waals surface area contributed by atoms with E-state index in [4.69, 9.17) is 0 Å². The van der Waals surface area contributed by atoms with Crippen LogP contribution < -0.4 is 0 Å². The monoisotopic (exact) mass is 140 g/mol. The summed E-state index contributed by atoms with van der Waals surface area (Å²) in [6, 6.07) is 0. The fourth-order valence-electron chi connectivity index (χ4n) is 0.873. The summed E-state index contributed by atoms with van der Waals surface area (Å²) < 4.78 is 0. The maximum absolute atomic E-state index is 10.9. The number of hydrogen-bond acceptors (Lipinski definition) is 2. The fraction of sp³-hybridized carbons (Fsp3) is 0.714. The molecule has 1 amide bonds. The minimum atomic E-state index is 0.101. The average molecular weight is 140 g/mol. The van der Waals surface area contributed by atoms with Crippen molar-refractivity contribution in [1.29, 1.82) is 0 Å². The van der Waals surface area contributed by atoms with Crippen LogP contribution in [0, 0.1) is 5.92 Å². The molecule has 0 radical (unpaired) electrons. The van der Waals surface area contributed by atoms with Gasteiger partial charge in [-0.1, -0.05) is 13.8 Å². The van der Waals surface area contributed by atoms with Gasteiger partial charge in [0, 0.05) is 7.05 Å². The van der Waals surface area contributed by atoms with E-state index in [0.717, 1.165) is 5.71 Å². The second-order valence-electron chi connectivity index (χ2n) is 2.84. The number of nitrogens with zero attached hydrogens (tertiary/aromatic N) is 2. The van der Waals surface area contributed by atoms with Gasteiger partial charge in [0.25, 0.3) is 0 Å². The quantitative estimate of drug-likeness (QED) is 0.531. The van der Waals surface area contributed by atoms with Gasteiger partial charge in [-0.3, -0.25) is 4.79 Å². The van der Waals surface area contributed by atoms with E-state index >= 15 is 0 Å². The van der Waals surface area contributed by atoms with E-state index in [1.54, 1.807) is 7.05 Å². The molecular weight excluding hydrogens is 128 g/mol. The Hall–Kier alpha value is -0.860. The highest BCUT2D eigenvalue weighted by Crippen LogP contribution is 2.11. The summed E-state index contributed by atoms with van der Waals surface area (Å²) in [5.41, 5.74) is 0.993. The van der Waals surface area contributed by atoms with Gasteiger partial charge in [0.2, 0.25) is 5.91 Å². The van der Waals surface area contributed by atoms with Crippen molar-refractivity contribution in [2.75, 3.05) is 7.05 Å². The van der Waals surface area contributed by atoms with Gasteiger partial charge in [-0.2, -0.15) is 5.10 Å². The van der Waals surface area contributed by atoms with Crippen LogP contribution in [0.1, 0.15) is 20.3 Å². The fourth-order valence-corrected chi connectivity index (χ4v) is 0.873. The second-order valence-corrected chi connectivity index (χ2v) is 2.84. The van der Waals surface area contributed by atoms with Gasteiger partial charge >= 0.3 is 0 Å². The van der Waals surface area contributed by atoms with Crippen LogP contribution in [-0.2, 0) is 4.79 Å². The van der Waals surface area contributed by atoms with Crippen molar-refractivity contribution in [3.05, 3.63) is 0 Å². The van der Waals surface area contributed by atoms with Crippen molar-refractivity contribution in [1.82, 2.24) is 5.01 Å². The van der Waals surface area contributed by atoms with Crippen LogP contribution in [0.2, 0.25) is 0 Å². The van der Waals surface area contributed by atoms with Crippen molar-refractivity contribution >= 4 is 11.6 Å². The number of amides is 1. The summed E-state index contributed by atoms with van der Waals surface area (Å²) in [6.07, 6.45) is 0.508. The van der Waals surface area contributed by atoms with Crippen LogP contribution >= 0.6 is 0 Å². The van der Waals surface area contributed by atoms with Crippen LogP contribution in [0.4, 0.5) is 0 Å². The molecule has 0 fully saturated rings. The molecule has 0 atom stereocenters. The van der Waals surface area contributed by atoms with Crippen molar-refractivity contribution in [3.8, 4) is 0 Å². The first-order valence-corrected chi connectivity index (χ1v) is 3.45. The highest BCUT2D eigenvalue weighted by Gasteiger charge is 2.21. The third-order valence-electron chi connectivity index (χ3n) is 1.64. The lowest BCUT2D eigenvalue weighted by molar-refractivity contribution is -0.127. The maximum Gasteiger partial charge on any atom is 0.248 e. The van der Waals surface area contributed by atoms with Gasteiger partial charge in [0.15, 0.2) is 0 Å². The Bertz CT molecular complexity index is 184. The number of carbonyl (C=O) groups is 1. The molecule has 1 aliphatic heterocycles. The Morgan fingerprint density at radius 2 is 2.20 bits per heavy atom. The summed E-state index contributed by atoms with van der Waals surface area (Å²) in [5, 5.41) is 5.48. The Kier molecular flexibility index (Phi) is 1.74. The minimum absolute atomic E-state index is 0.101. The van der Waals surface area contributed by atoms with Crippen LogP contribution in [0.15, 0.2) is 5.10 Å². The molecule has 3 nitrogen and oxygen atoms in total. The molecule has 56 valence electrons. The van der Waals surface area contributed by atoms with Gasteiger partial charge in [-0.25, -0.2) is 5.01 Å². The molecule has 0 spiro atoms. The zero-order valence-corrected chi connectivity index (χ0v) is 6.59. The summed E-state index contributed by atoms with van der Waals surface area (Å²) in [6.45, 7) is 4.09. The smallest absolute Gasteiger partial charge is 0.248 e. The number of hydrazone groups is 1. The molecule has 0 aromatic carbocycles. The molecule has 0 aliphatic carbocycles. The van der Waals surface area contributed by atoms with Gasteiger partial charge in [-0.05, 0) is 5.92 Å². The molecule has 0 unspecified atom stereocenters. The molecule has 0 aromatic rings. The lowest BCUT2D eigenvalue weighted by Gasteiger charge is -2.00. The minimum Gasteiger partial charge on any atom is -0.273 e. The first kappa shape index (κ1) is 7.25. The summed E-state index contributed by atoms with van der Waals surface area (Å²) in [5.74, 6) is 0.498. The third-order valence-corrected chi connectivity index (χ3v) is 1.64. The predicted octanol–water partition coefficient (Wildman–Crippen LogP) is 0.860. The first-order chi connectivity index (χ1) is 4.61. The third kappa shape index (κ3) is 1.17. The van der Waals surface area contributed by atoms with Gasteiger partial charge in [-0.15, -0.1) is 0 Å². The van der Waals surface area contributed by atoms with Crippen LogP contribution in [0.25, 0.3) is 0 Å². The molecule has 0 saturated heterocycles. The van der Waals surface area contributed by atoms with E-state index in [1.807, 2.05) is 13.8 Å². The molecule has 1 heterocycles. The molecule has 0 aromatic heterocycles. The molecule has 0 N–H and O–H groups in total. The average Bonchev–Trinajstić information content (AvgIpc) is 2.13. The summed E-state index contributed by atoms with van der Waals surface area (Å²) in [4.78, 5) is 10.9. The maximum atomic E-state index is 10.9. The predicted molar refractivity (Wildman–Crippen MR) is 39.7 cm³/mol. The van der Waals surface area contributed by atoms with Crippen molar-refractivity contribution in [3.63, 3.8) is 0 Å². The number of rotatable bonds is 1. The summed E-state index contributed by atoms with van der Waals surface area (Å²) >= 11 is 0. The highest BCUT2D eigenvalue weighted by atomic mass is 16.2. The van der Waals surface area contributed by atoms with E-state index in [1.165, 1.54) is 5.01 Å². The van der Waals surface area contributed by atoms with Crippen LogP contribution in [-0.4, -0.2) is 23.7 Å². The van der Waals surface area contributed by atoms with E-state index in [0.29, 0.717) is 12.3 Å².